The first kappa shape index (κ1) is 12.4. The van der Waals surface area contributed by atoms with Crippen LogP contribution >= 0.6 is 0 Å². The lowest BCUT2D eigenvalue weighted by Crippen LogP contribution is -2.20. The Hall–Kier alpha value is -1.62. The summed E-state index contributed by atoms with van der Waals surface area (Å²) < 4.78 is 10.00. The molecule has 0 aliphatic heterocycles. The summed E-state index contributed by atoms with van der Waals surface area (Å²) >= 11 is 0. The van der Waals surface area contributed by atoms with E-state index in [9.17, 15) is 4.79 Å². The molecule has 16 heavy (non-hydrogen) atoms. The lowest BCUT2D eigenvalue weighted by molar-refractivity contribution is 0.0593. The van der Waals surface area contributed by atoms with Gasteiger partial charge in [0.2, 0.25) is 0 Å². The molecule has 0 atom stereocenters. The molecule has 5 nitrogen and oxygen atoms in total. The van der Waals surface area contributed by atoms with E-state index in [0.29, 0.717) is 12.4 Å². The van der Waals surface area contributed by atoms with E-state index >= 15 is 0 Å². The first-order chi connectivity index (χ1) is 7.77. The Morgan fingerprint density at radius 1 is 1.56 bits per heavy atom. The molecule has 1 rings (SSSR count). The fourth-order valence-electron chi connectivity index (χ4n) is 1.13. The van der Waals surface area contributed by atoms with Crippen LogP contribution in [0.5, 0.6) is 5.75 Å². The van der Waals surface area contributed by atoms with Crippen LogP contribution < -0.4 is 10.1 Å². The van der Waals surface area contributed by atoms with Crippen LogP contribution in [0.4, 0.5) is 0 Å². The highest BCUT2D eigenvalue weighted by atomic mass is 16.5. The van der Waals surface area contributed by atoms with E-state index in [1.165, 1.54) is 13.3 Å². The predicted molar refractivity (Wildman–Crippen MR) is 59.6 cm³/mol. The predicted octanol–water partition coefficient (Wildman–Crippen LogP) is 0.856. The number of aromatic nitrogens is 1. The summed E-state index contributed by atoms with van der Waals surface area (Å²) in [6.45, 7) is 4.26. The van der Waals surface area contributed by atoms with Crippen molar-refractivity contribution in [2.24, 2.45) is 0 Å². The number of pyridine rings is 1. The van der Waals surface area contributed by atoms with Crippen molar-refractivity contribution in [3.8, 4) is 5.75 Å². The molecule has 1 aromatic heterocycles. The smallest absolute Gasteiger partial charge is 0.356 e. The Morgan fingerprint density at radius 3 is 3.06 bits per heavy atom. The Morgan fingerprint density at radius 2 is 2.38 bits per heavy atom. The van der Waals surface area contributed by atoms with E-state index < -0.39 is 5.97 Å². The van der Waals surface area contributed by atoms with Crippen LogP contribution in [0.1, 0.15) is 17.4 Å². The molecule has 0 fully saturated rings. The minimum atomic E-state index is -0.461. The van der Waals surface area contributed by atoms with Gasteiger partial charge in [0.1, 0.15) is 12.4 Å². The van der Waals surface area contributed by atoms with Gasteiger partial charge in [-0.2, -0.15) is 0 Å². The topological polar surface area (TPSA) is 60.5 Å². The second-order valence-corrected chi connectivity index (χ2v) is 3.07. The normalized spacial score (nSPS) is 9.88. The number of ether oxygens (including phenoxy) is 2. The third kappa shape index (κ3) is 3.86. The number of likely N-dealkylation sites (N-methyl/N-ethyl adjacent to an activating group) is 1. The van der Waals surface area contributed by atoms with Gasteiger partial charge in [0, 0.05) is 18.8 Å². The second-order valence-electron chi connectivity index (χ2n) is 3.07. The van der Waals surface area contributed by atoms with Gasteiger partial charge in [0.05, 0.1) is 7.11 Å². The summed E-state index contributed by atoms with van der Waals surface area (Å²) in [6, 6.07) is 3.27. The van der Waals surface area contributed by atoms with E-state index in [1.807, 2.05) is 6.92 Å². The zero-order valence-electron chi connectivity index (χ0n) is 9.53. The molecule has 0 aromatic carbocycles. The minimum Gasteiger partial charge on any atom is -0.492 e. The van der Waals surface area contributed by atoms with Gasteiger partial charge in [-0.25, -0.2) is 9.78 Å². The van der Waals surface area contributed by atoms with E-state index in [2.05, 4.69) is 15.0 Å². The summed E-state index contributed by atoms with van der Waals surface area (Å²) in [4.78, 5) is 15.1. The number of carbonyl (C=O) groups excluding carboxylic acids is 1. The number of rotatable bonds is 6. The molecule has 0 amide bonds. The zero-order chi connectivity index (χ0) is 11.8. The van der Waals surface area contributed by atoms with Crippen LogP contribution in [-0.2, 0) is 4.74 Å². The third-order valence-corrected chi connectivity index (χ3v) is 1.92. The van der Waals surface area contributed by atoms with Crippen molar-refractivity contribution in [3.63, 3.8) is 0 Å². The molecule has 0 radical (unpaired) electrons. The average molecular weight is 224 g/mol. The molecule has 1 heterocycles. The molecule has 0 spiro atoms. The Kier molecular flexibility index (Phi) is 5.28. The summed E-state index contributed by atoms with van der Waals surface area (Å²) in [6.07, 6.45) is 1.52. The van der Waals surface area contributed by atoms with Crippen LogP contribution in [-0.4, -0.2) is 37.8 Å². The van der Waals surface area contributed by atoms with Gasteiger partial charge in [-0.1, -0.05) is 6.92 Å². The van der Waals surface area contributed by atoms with Gasteiger partial charge in [-0.15, -0.1) is 0 Å². The van der Waals surface area contributed by atoms with Crippen molar-refractivity contribution in [2.75, 3.05) is 26.8 Å². The lowest BCUT2D eigenvalue weighted by atomic mass is 10.3. The fraction of sp³-hybridized carbons (Fsp3) is 0.455. The van der Waals surface area contributed by atoms with Crippen LogP contribution in [0.15, 0.2) is 18.3 Å². The number of hydrogen-bond acceptors (Lipinski definition) is 5. The van der Waals surface area contributed by atoms with Crippen molar-refractivity contribution >= 4 is 5.97 Å². The fourth-order valence-corrected chi connectivity index (χ4v) is 1.13. The first-order valence-electron chi connectivity index (χ1n) is 5.15. The molecule has 5 heteroatoms. The van der Waals surface area contributed by atoms with Gasteiger partial charge in [0.15, 0.2) is 5.69 Å². The molecule has 1 N–H and O–H groups in total. The number of methoxy groups -OCH3 is 1. The Balaban J connectivity index is 2.50. The average Bonchev–Trinajstić information content (AvgIpc) is 2.34. The van der Waals surface area contributed by atoms with Gasteiger partial charge < -0.3 is 14.8 Å². The summed E-state index contributed by atoms with van der Waals surface area (Å²) in [5, 5.41) is 3.13. The Bertz CT molecular complexity index is 342. The molecule has 0 bridgehead atoms. The summed E-state index contributed by atoms with van der Waals surface area (Å²) in [5.41, 5.74) is 0.253. The monoisotopic (exact) mass is 224 g/mol. The largest absolute Gasteiger partial charge is 0.492 e. The van der Waals surface area contributed by atoms with E-state index in [4.69, 9.17) is 4.74 Å². The second kappa shape index (κ2) is 6.79. The highest BCUT2D eigenvalue weighted by Crippen LogP contribution is 2.11. The van der Waals surface area contributed by atoms with Crippen molar-refractivity contribution in [1.82, 2.24) is 10.3 Å². The lowest BCUT2D eigenvalue weighted by Gasteiger charge is -2.06. The highest BCUT2D eigenvalue weighted by molar-refractivity contribution is 5.87. The maximum absolute atomic E-state index is 11.2. The van der Waals surface area contributed by atoms with Crippen molar-refractivity contribution in [1.29, 1.82) is 0 Å². The number of hydrogen-bond donors (Lipinski definition) is 1. The van der Waals surface area contributed by atoms with Gasteiger partial charge >= 0.3 is 5.97 Å². The van der Waals surface area contributed by atoms with E-state index in [1.54, 1.807) is 12.1 Å². The summed E-state index contributed by atoms with van der Waals surface area (Å²) in [5.74, 6) is 0.158. The molecule has 1 aromatic rings. The van der Waals surface area contributed by atoms with E-state index in [0.717, 1.165) is 13.1 Å². The molecular formula is C11H16N2O3. The van der Waals surface area contributed by atoms with Crippen molar-refractivity contribution in [3.05, 3.63) is 24.0 Å². The van der Waals surface area contributed by atoms with Crippen LogP contribution in [0.2, 0.25) is 0 Å². The molecular weight excluding hydrogens is 208 g/mol. The molecule has 88 valence electrons. The standard InChI is InChI=1S/C11H16N2O3/c1-3-12-6-7-16-9-4-5-13-10(8-9)11(14)15-2/h4-5,8,12H,3,6-7H2,1-2H3. The summed E-state index contributed by atoms with van der Waals surface area (Å²) in [7, 11) is 1.32. The first-order valence-corrected chi connectivity index (χ1v) is 5.15. The maximum Gasteiger partial charge on any atom is 0.356 e. The Labute approximate surface area is 94.8 Å². The zero-order valence-corrected chi connectivity index (χ0v) is 9.53. The van der Waals surface area contributed by atoms with Gasteiger partial charge in [-0.05, 0) is 12.6 Å². The molecule has 0 aliphatic rings. The number of esters is 1. The number of nitrogens with zero attached hydrogens (tertiary/aromatic N) is 1. The van der Waals surface area contributed by atoms with Gasteiger partial charge in [0.25, 0.3) is 0 Å². The van der Waals surface area contributed by atoms with Gasteiger partial charge in [-0.3, -0.25) is 0 Å². The van der Waals surface area contributed by atoms with Crippen LogP contribution in [0, 0.1) is 0 Å². The SMILES string of the molecule is CCNCCOc1ccnc(C(=O)OC)c1. The number of nitrogens with one attached hydrogen (secondary N) is 1. The molecule has 0 saturated carbocycles. The van der Waals surface area contributed by atoms with Crippen LogP contribution in [0.25, 0.3) is 0 Å². The molecule has 0 unspecified atom stereocenters. The van der Waals surface area contributed by atoms with E-state index in [-0.39, 0.29) is 5.69 Å². The van der Waals surface area contributed by atoms with Crippen LogP contribution in [0.3, 0.4) is 0 Å². The molecule has 0 saturated heterocycles. The maximum atomic E-state index is 11.2. The molecule has 0 aliphatic carbocycles. The highest BCUT2D eigenvalue weighted by Gasteiger charge is 2.07. The minimum absolute atomic E-state index is 0.253. The number of carbonyl (C=O) groups is 1. The van der Waals surface area contributed by atoms with Crippen molar-refractivity contribution < 1.29 is 14.3 Å². The van der Waals surface area contributed by atoms with Crippen molar-refractivity contribution in [2.45, 2.75) is 6.92 Å². The third-order valence-electron chi connectivity index (χ3n) is 1.92. The quantitative estimate of drug-likeness (QED) is 0.573.